The Bertz CT molecular complexity index is 1210. The Hall–Kier alpha value is -3.20. The van der Waals surface area contributed by atoms with Crippen LogP contribution in [0.15, 0.2) is 53.2 Å². The Kier molecular flexibility index (Phi) is 4.19. The Balaban J connectivity index is 1.72. The number of hydrogen-bond acceptors (Lipinski definition) is 4. The largest absolute Gasteiger partial charge is 0.471 e. The van der Waals surface area contributed by atoms with Gasteiger partial charge in [0.25, 0.3) is 5.91 Å². The second-order valence-electron chi connectivity index (χ2n) is 5.81. The number of aromatic nitrogens is 3. The van der Waals surface area contributed by atoms with Crippen LogP contribution in [-0.4, -0.2) is 20.6 Å². The maximum absolute atomic E-state index is 14.0. The Morgan fingerprint density at radius 3 is 2.57 bits per heavy atom. The number of benzene rings is 2. The molecule has 0 fully saturated rings. The molecule has 2 aromatic heterocycles. The molecular weight excluding hydrogens is 402 g/mol. The quantitative estimate of drug-likeness (QED) is 0.427. The minimum atomic E-state index is -4.74. The summed E-state index contributed by atoms with van der Waals surface area (Å²) in [5.74, 6) is -3.07. The zero-order valence-electron chi connectivity index (χ0n) is 13.7. The first kappa shape index (κ1) is 18.2. The van der Waals surface area contributed by atoms with Crippen LogP contribution in [0.3, 0.4) is 0 Å². The molecule has 0 aliphatic rings. The number of fused-ring (bicyclic) bond motifs is 1. The van der Waals surface area contributed by atoms with Crippen LogP contribution in [0.1, 0.15) is 16.2 Å². The van der Waals surface area contributed by atoms with Crippen molar-refractivity contribution < 1.29 is 26.9 Å². The molecule has 4 aromatic rings. The molecule has 2 heterocycles. The van der Waals surface area contributed by atoms with E-state index in [1.54, 1.807) is 6.07 Å². The van der Waals surface area contributed by atoms with Crippen LogP contribution < -0.4 is 0 Å². The van der Waals surface area contributed by atoms with Crippen molar-refractivity contribution in [1.29, 1.82) is 0 Å². The van der Waals surface area contributed by atoms with Crippen molar-refractivity contribution >= 4 is 28.4 Å². The summed E-state index contributed by atoms with van der Waals surface area (Å²) in [6.07, 6.45) is -3.31. The minimum Gasteiger partial charge on any atom is -0.329 e. The van der Waals surface area contributed by atoms with Gasteiger partial charge in [0.1, 0.15) is 5.82 Å². The lowest BCUT2D eigenvalue weighted by atomic mass is 10.1. The highest BCUT2D eigenvalue weighted by atomic mass is 35.5. The summed E-state index contributed by atoms with van der Waals surface area (Å²) in [5, 5.41) is 4.02. The molecule has 0 atom stereocenters. The normalized spacial score (nSPS) is 11.9. The molecule has 0 aliphatic heterocycles. The first-order valence-electron chi connectivity index (χ1n) is 7.76. The number of nitrogens with zero attached hydrogens (tertiary/aromatic N) is 3. The van der Waals surface area contributed by atoms with Gasteiger partial charge in [-0.25, -0.2) is 4.39 Å². The van der Waals surface area contributed by atoms with Gasteiger partial charge < -0.3 is 4.52 Å². The highest BCUT2D eigenvalue weighted by molar-refractivity contribution is 6.30. The molecule has 0 saturated heterocycles. The van der Waals surface area contributed by atoms with E-state index >= 15 is 0 Å². The lowest BCUT2D eigenvalue weighted by Gasteiger charge is -2.06. The summed E-state index contributed by atoms with van der Waals surface area (Å²) in [6, 6.07) is 9.72. The van der Waals surface area contributed by atoms with Gasteiger partial charge in [-0.05, 0) is 42.5 Å². The molecule has 5 nitrogen and oxygen atoms in total. The predicted molar refractivity (Wildman–Crippen MR) is 91.4 cm³/mol. The van der Waals surface area contributed by atoms with Crippen molar-refractivity contribution in [2.24, 2.45) is 0 Å². The van der Waals surface area contributed by atoms with E-state index in [-0.39, 0.29) is 22.0 Å². The third-order valence-corrected chi connectivity index (χ3v) is 4.23. The summed E-state index contributed by atoms with van der Waals surface area (Å²) < 4.78 is 57.3. The second kappa shape index (κ2) is 6.45. The van der Waals surface area contributed by atoms with E-state index < -0.39 is 23.8 Å². The summed E-state index contributed by atoms with van der Waals surface area (Å²) in [6.45, 7) is 0. The van der Waals surface area contributed by atoms with Crippen molar-refractivity contribution in [3.63, 3.8) is 0 Å². The monoisotopic (exact) mass is 409 g/mol. The van der Waals surface area contributed by atoms with Gasteiger partial charge in [0, 0.05) is 22.2 Å². The molecular formula is C18H8ClF4N3O2. The zero-order valence-corrected chi connectivity index (χ0v) is 14.4. The molecule has 2 aromatic carbocycles. The molecule has 142 valence electrons. The molecule has 0 N–H and O–H groups in total. The molecule has 10 heteroatoms. The van der Waals surface area contributed by atoms with E-state index in [1.807, 2.05) is 0 Å². The molecule has 0 spiro atoms. The van der Waals surface area contributed by atoms with Gasteiger partial charge in [-0.3, -0.25) is 9.36 Å². The summed E-state index contributed by atoms with van der Waals surface area (Å²) in [7, 11) is 0. The van der Waals surface area contributed by atoms with Crippen molar-refractivity contribution in [2.75, 3.05) is 0 Å². The van der Waals surface area contributed by atoms with Gasteiger partial charge in [0.2, 0.25) is 5.82 Å². The SMILES string of the molecule is O=C(c1ccc(Cl)cc1F)n1ccc2cc(-c3noc(C(F)(F)F)n3)ccc21. The fraction of sp³-hybridized carbons (Fsp3) is 0.0556. The molecule has 0 bridgehead atoms. The van der Waals surface area contributed by atoms with Gasteiger partial charge in [0.15, 0.2) is 0 Å². The fourth-order valence-corrected chi connectivity index (χ4v) is 2.87. The van der Waals surface area contributed by atoms with Crippen molar-refractivity contribution in [3.8, 4) is 11.4 Å². The highest BCUT2D eigenvalue weighted by Gasteiger charge is 2.38. The molecule has 0 amide bonds. The van der Waals surface area contributed by atoms with E-state index in [0.29, 0.717) is 10.9 Å². The average Bonchev–Trinajstić information content (AvgIpc) is 3.27. The third kappa shape index (κ3) is 3.13. The standard InChI is InChI=1S/C18H8ClF4N3O2/c19-11-2-3-12(13(20)8-11)16(27)26-6-5-9-7-10(1-4-14(9)26)15-24-17(28-25-15)18(21,22)23/h1-8H. The van der Waals surface area contributed by atoms with Gasteiger partial charge in [-0.2, -0.15) is 18.2 Å². The summed E-state index contributed by atoms with van der Waals surface area (Å²) >= 11 is 5.70. The van der Waals surface area contributed by atoms with Gasteiger partial charge >= 0.3 is 12.1 Å². The van der Waals surface area contributed by atoms with Crippen molar-refractivity contribution in [3.05, 3.63) is 71.0 Å². The van der Waals surface area contributed by atoms with Crippen LogP contribution in [0.4, 0.5) is 17.6 Å². The number of alkyl halides is 3. The lowest BCUT2D eigenvalue weighted by molar-refractivity contribution is -0.159. The van der Waals surface area contributed by atoms with Gasteiger partial charge in [-0.1, -0.05) is 16.8 Å². The smallest absolute Gasteiger partial charge is 0.329 e. The van der Waals surface area contributed by atoms with Crippen LogP contribution in [0.5, 0.6) is 0 Å². The number of rotatable bonds is 2. The summed E-state index contributed by atoms with van der Waals surface area (Å²) in [5.41, 5.74) is 0.538. The minimum absolute atomic E-state index is 0.161. The van der Waals surface area contributed by atoms with Gasteiger partial charge in [0.05, 0.1) is 11.1 Å². The van der Waals surface area contributed by atoms with Crippen LogP contribution in [0, 0.1) is 5.82 Å². The first-order valence-corrected chi connectivity index (χ1v) is 8.14. The van der Waals surface area contributed by atoms with E-state index in [9.17, 15) is 22.4 Å². The lowest BCUT2D eigenvalue weighted by Crippen LogP contribution is -2.12. The topological polar surface area (TPSA) is 60.9 Å². The Morgan fingerprint density at radius 2 is 1.89 bits per heavy atom. The molecule has 0 aliphatic carbocycles. The number of hydrogen-bond donors (Lipinski definition) is 0. The van der Waals surface area contributed by atoms with Crippen LogP contribution in [0.25, 0.3) is 22.3 Å². The molecule has 0 saturated carbocycles. The predicted octanol–water partition coefficient (Wildman–Crippen LogP) is 5.19. The number of carbonyl (C=O) groups is 1. The van der Waals surface area contributed by atoms with E-state index in [4.69, 9.17) is 11.6 Å². The first-order chi connectivity index (χ1) is 13.2. The maximum Gasteiger partial charge on any atom is 0.471 e. The van der Waals surface area contributed by atoms with E-state index in [0.717, 1.165) is 6.07 Å². The maximum atomic E-state index is 14.0. The average molecular weight is 410 g/mol. The third-order valence-electron chi connectivity index (χ3n) is 4.00. The molecule has 0 unspecified atom stereocenters. The highest BCUT2D eigenvalue weighted by Crippen LogP contribution is 2.30. The number of carbonyl (C=O) groups excluding carboxylic acids is 1. The molecule has 28 heavy (non-hydrogen) atoms. The second-order valence-corrected chi connectivity index (χ2v) is 6.25. The molecule has 0 radical (unpaired) electrons. The fourth-order valence-electron chi connectivity index (χ4n) is 2.71. The van der Waals surface area contributed by atoms with Gasteiger partial charge in [-0.15, -0.1) is 0 Å². The van der Waals surface area contributed by atoms with Crippen molar-refractivity contribution in [1.82, 2.24) is 14.7 Å². The van der Waals surface area contributed by atoms with E-state index in [1.165, 1.54) is 41.1 Å². The van der Waals surface area contributed by atoms with E-state index in [2.05, 4.69) is 14.7 Å². The Morgan fingerprint density at radius 1 is 1.11 bits per heavy atom. The van der Waals surface area contributed by atoms with Crippen LogP contribution in [0.2, 0.25) is 5.02 Å². The Labute approximate surface area is 159 Å². The zero-order chi connectivity index (χ0) is 20.1. The van der Waals surface area contributed by atoms with Crippen molar-refractivity contribution in [2.45, 2.75) is 6.18 Å². The molecule has 4 rings (SSSR count). The van der Waals surface area contributed by atoms with Crippen LogP contribution >= 0.6 is 11.6 Å². The number of halogens is 5. The summed E-state index contributed by atoms with van der Waals surface area (Å²) in [4.78, 5) is 16.0. The van der Waals surface area contributed by atoms with Crippen LogP contribution in [-0.2, 0) is 6.18 Å².